The number of piperidine rings is 1. The number of halogens is 1. The van der Waals surface area contributed by atoms with Crippen LogP contribution in [-0.2, 0) is 14.3 Å². The number of hydrogen-bond donors (Lipinski definition) is 1. The van der Waals surface area contributed by atoms with Crippen molar-refractivity contribution >= 4 is 35.9 Å². The summed E-state index contributed by atoms with van der Waals surface area (Å²) in [6, 6.07) is 0. The third-order valence-corrected chi connectivity index (χ3v) is 3.36. The van der Waals surface area contributed by atoms with Crippen LogP contribution in [0.25, 0.3) is 0 Å². The van der Waals surface area contributed by atoms with Crippen molar-refractivity contribution in [1.82, 2.24) is 10.2 Å². The summed E-state index contributed by atoms with van der Waals surface area (Å²) >= 11 is 0. The van der Waals surface area contributed by atoms with Gasteiger partial charge in [0.05, 0.1) is 19.1 Å². The van der Waals surface area contributed by atoms with Gasteiger partial charge < -0.3 is 19.7 Å². The normalized spacial score (nSPS) is 16.3. The van der Waals surface area contributed by atoms with E-state index in [1.54, 1.807) is 7.05 Å². The lowest BCUT2D eigenvalue weighted by atomic mass is 9.97. The Kier molecular flexibility index (Phi) is 11.7. The summed E-state index contributed by atoms with van der Waals surface area (Å²) in [6.45, 7) is 8.10. The molecule has 0 unspecified atom stereocenters. The number of ether oxygens (including phenoxy) is 2. The molecule has 1 saturated heterocycles. The molecule has 0 aromatic heterocycles. The average molecular weight is 413 g/mol. The molecule has 7 heteroatoms. The van der Waals surface area contributed by atoms with Gasteiger partial charge >= 0.3 is 5.97 Å². The van der Waals surface area contributed by atoms with Gasteiger partial charge in [0.2, 0.25) is 0 Å². The van der Waals surface area contributed by atoms with Gasteiger partial charge in [0.15, 0.2) is 5.96 Å². The minimum atomic E-state index is -0.0635. The summed E-state index contributed by atoms with van der Waals surface area (Å²) in [5.41, 5.74) is 0. The Bertz CT molecular complexity index is 319. The molecule has 0 atom stereocenters. The smallest absolute Gasteiger partial charge is 0.309 e. The van der Waals surface area contributed by atoms with Crippen molar-refractivity contribution in [2.45, 2.75) is 26.7 Å². The number of nitrogens with zero attached hydrogens (tertiary/aromatic N) is 2. The molecule has 1 fully saturated rings. The van der Waals surface area contributed by atoms with Crippen LogP contribution in [0.5, 0.6) is 0 Å². The topological polar surface area (TPSA) is 63.2 Å². The van der Waals surface area contributed by atoms with Crippen LogP contribution in [0.4, 0.5) is 0 Å². The van der Waals surface area contributed by atoms with E-state index in [9.17, 15) is 4.79 Å². The number of likely N-dealkylation sites (tertiary alicyclic amines) is 1. The number of guanidine groups is 1. The number of carbonyl (C=O) groups is 1. The first kappa shape index (κ1) is 20.4. The van der Waals surface area contributed by atoms with Crippen molar-refractivity contribution in [2.24, 2.45) is 10.9 Å². The van der Waals surface area contributed by atoms with Crippen LogP contribution in [0.15, 0.2) is 4.99 Å². The maximum atomic E-state index is 11.7. The van der Waals surface area contributed by atoms with E-state index in [4.69, 9.17) is 9.47 Å². The standard InChI is InChI=1S/C14H27N3O3.HI/c1-4-19-11-8-16-14(15-3)17-9-6-12(7-10-17)13(18)20-5-2;/h12H,4-11H2,1-3H3,(H,15,16);1H. The summed E-state index contributed by atoms with van der Waals surface area (Å²) < 4.78 is 10.4. The number of hydrogen-bond acceptors (Lipinski definition) is 4. The van der Waals surface area contributed by atoms with Gasteiger partial charge in [-0.25, -0.2) is 0 Å². The van der Waals surface area contributed by atoms with Crippen LogP contribution in [0.2, 0.25) is 0 Å². The molecule has 1 aliphatic rings. The summed E-state index contributed by atoms with van der Waals surface area (Å²) in [5.74, 6) is 0.853. The Morgan fingerprint density at radius 3 is 2.48 bits per heavy atom. The van der Waals surface area contributed by atoms with Gasteiger partial charge in [0.1, 0.15) is 0 Å². The first-order valence-electron chi connectivity index (χ1n) is 7.42. The van der Waals surface area contributed by atoms with E-state index in [0.717, 1.165) is 45.0 Å². The average Bonchev–Trinajstić information content (AvgIpc) is 2.48. The number of aliphatic imine (C=N–C) groups is 1. The first-order chi connectivity index (χ1) is 9.72. The van der Waals surface area contributed by atoms with Crippen molar-refractivity contribution in [2.75, 3.05) is 46.5 Å². The molecule has 0 aromatic rings. The Hall–Kier alpha value is -0.570. The lowest BCUT2D eigenvalue weighted by Crippen LogP contribution is -2.47. The lowest BCUT2D eigenvalue weighted by Gasteiger charge is -2.33. The second kappa shape index (κ2) is 12.0. The van der Waals surface area contributed by atoms with Crippen molar-refractivity contribution in [1.29, 1.82) is 0 Å². The molecule has 0 radical (unpaired) electrons. The molecule has 21 heavy (non-hydrogen) atoms. The highest BCUT2D eigenvalue weighted by Gasteiger charge is 2.27. The first-order valence-corrected chi connectivity index (χ1v) is 7.42. The fourth-order valence-electron chi connectivity index (χ4n) is 2.30. The minimum absolute atomic E-state index is 0. The predicted octanol–water partition coefficient (Wildman–Crippen LogP) is 1.49. The molecular formula is C14H28IN3O3. The number of esters is 1. The van der Waals surface area contributed by atoms with Crippen molar-refractivity contribution in [3.05, 3.63) is 0 Å². The molecule has 124 valence electrons. The highest BCUT2D eigenvalue weighted by atomic mass is 127. The van der Waals surface area contributed by atoms with Gasteiger partial charge in [-0.2, -0.15) is 0 Å². The fraction of sp³-hybridized carbons (Fsp3) is 0.857. The number of rotatable bonds is 6. The molecule has 6 nitrogen and oxygen atoms in total. The highest BCUT2D eigenvalue weighted by molar-refractivity contribution is 14.0. The van der Waals surface area contributed by atoms with Gasteiger partial charge in [-0.3, -0.25) is 9.79 Å². The SMILES string of the molecule is CCOCCNC(=NC)N1CCC(C(=O)OCC)CC1.I. The van der Waals surface area contributed by atoms with Crippen molar-refractivity contribution in [3.8, 4) is 0 Å². The maximum Gasteiger partial charge on any atom is 0.309 e. The zero-order chi connectivity index (χ0) is 14.8. The molecular weight excluding hydrogens is 385 g/mol. The Morgan fingerprint density at radius 2 is 1.95 bits per heavy atom. The minimum Gasteiger partial charge on any atom is -0.466 e. The third kappa shape index (κ3) is 7.30. The van der Waals surface area contributed by atoms with E-state index >= 15 is 0 Å². The zero-order valence-electron chi connectivity index (χ0n) is 13.3. The Balaban J connectivity index is 0.00000400. The van der Waals surface area contributed by atoms with Crippen LogP contribution < -0.4 is 5.32 Å². The van der Waals surface area contributed by atoms with E-state index < -0.39 is 0 Å². The molecule has 0 saturated carbocycles. The Labute approximate surface area is 144 Å². The fourth-order valence-corrected chi connectivity index (χ4v) is 2.30. The molecule has 0 aromatic carbocycles. The van der Waals surface area contributed by atoms with E-state index in [2.05, 4.69) is 15.2 Å². The lowest BCUT2D eigenvalue weighted by molar-refractivity contribution is -0.149. The quantitative estimate of drug-likeness (QED) is 0.235. The summed E-state index contributed by atoms with van der Waals surface area (Å²) in [4.78, 5) is 18.1. The molecule has 1 heterocycles. The summed E-state index contributed by atoms with van der Waals surface area (Å²) in [6.07, 6.45) is 1.65. The summed E-state index contributed by atoms with van der Waals surface area (Å²) in [5, 5.41) is 3.28. The molecule has 0 bridgehead atoms. The van der Waals surface area contributed by atoms with Crippen LogP contribution >= 0.6 is 24.0 Å². The largest absolute Gasteiger partial charge is 0.466 e. The third-order valence-electron chi connectivity index (χ3n) is 3.36. The van der Waals surface area contributed by atoms with E-state index in [1.165, 1.54) is 0 Å². The number of carbonyl (C=O) groups excluding carboxylic acids is 1. The van der Waals surface area contributed by atoms with Gasteiger partial charge in [-0.05, 0) is 26.7 Å². The van der Waals surface area contributed by atoms with Crippen LogP contribution in [-0.4, -0.2) is 63.3 Å². The highest BCUT2D eigenvalue weighted by Crippen LogP contribution is 2.18. The Morgan fingerprint density at radius 1 is 1.29 bits per heavy atom. The van der Waals surface area contributed by atoms with E-state index in [0.29, 0.717) is 13.2 Å². The number of nitrogens with one attached hydrogen (secondary N) is 1. The molecule has 0 spiro atoms. The predicted molar refractivity (Wildman–Crippen MR) is 94.2 cm³/mol. The van der Waals surface area contributed by atoms with Crippen molar-refractivity contribution < 1.29 is 14.3 Å². The van der Waals surface area contributed by atoms with E-state index in [1.807, 2.05) is 13.8 Å². The molecule has 1 rings (SSSR count). The maximum absolute atomic E-state index is 11.7. The van der Waals surface area contributed by atoms with Crippen molar-refractivity contribution in [3.63, 3.8) is 0 Å². The second-order valence-electron chi connectivity index (χ2n) is 4.68. The molecule has 0 amide bonds. The van der Waals surface area contributed by atoms with Gasteiger partial charge in [0, 0.05) is 33.3 Å². The van der Waals surface area contributed by atoms with Crippen LogP contribution in [0.1, 0.15) is 26.7 Å². The molecule has 1 N–H and O–H groups in total. The molecule has 0 aliphatic carbocycles. The van der Waals surface area contributed by atoms with E-state index in [-0.39, 0.29) is 35.9 Å². The molecule has 1 aliphatic heterocycles. The van der Waals surface area contributed by atoms with Crippen LogP contribution in [0.3, 0.4) is 0 Å². The van der Waals surface area contributed by atoms with Gasteiger partial charge in [0.25, 0.3) is 0 Å². The van der Waals surface area contributed by atoms with Gasteiger partial charge in [-0.15, -0.1) is 24.0 Å². The monoisotopic (exact) mass is 413 g/mol. The second-order valence-corrected chi connectivity index (χ2v) is 4.68. The van der Waals surface area contributed by atoms with Gasteiger partial charge in [-0.1, -0.05) is 0 Å². The summed E-state index contributed by atoms with van der Waals surface area (Å²) in [7, 11) is 1.78. The van der Waals surface area contributed by atoms with Crippen LogP contribution in [0, 0.1) is 5.92 Å². The zero-order valence-corrected chi connectivity index (χ0v) is 15.6.